The van der Waals surface area contributed by atoms with E-state index in [4.69, 9.17) is 4.74 Å². The second-order valence-corrected chi connectivity index (χ2v) is 5.14. The van der Waals surface area contributed by atoms with E-state index in [-0.39, 0.29) is 6.10 Å². The van der Waals surface area contributed by atoms with Crippen LogP contribution < -0.4 is 11.2 Å². The molecule has 0 bridgehead atoms. The molecule has 0 saturated carbocycles. The minimum absolute atomic E-state index is 0.237. The number of aromatic nitrogens is 2. The fourth-order valence-electron chi connectivity index (χ4n) is 1.64. The number of fused-ring (bicyclic) bond motifs is 1. The molecule has 2 heterocycles. The van der Waals surface area contributed by atoms with E-state index in [9.17, 15) is 14.4 Å². The maximum atomic E-state index is 11.8. The largest absolute Gasteiger partial charge is 0.459 e. The van der Waals surface area contributed by atoms with E-state index in [1.165, 1.54) is 0 Å². The van der Waals surface area contributed by atoms with Crippen molar-refractivity contribution in [3.63, 3.8) is 0 Å². The number of thiophene rings is 1. The second kappa shape index (κ2) is 4.41. The van der Waals surface area contributed by atoms with Gasteiger partial charge in [-0.1, -0.05) is 0 Å². The molecule has 2 N–H and O–H groups in total. The van der Waals surface area contributed by atoms with E-state index < -0.39 is 17.2 Å². The molecule has 0 unspecified atom stereocenters. The van der Waals surface area contributed by atoms with Crippen molar-refractivity contribution in [3.8, 4) is 0 Å². The summed E-state index contributed by atoms with van der Waals surface area (Å²) in [4.78, 5) is 40.0. The smallest absolute Gasteiger partial charge is 0.348 e. The van der Waals surface area contributed by atoms with Crippen LogP contribution in [-0.4, -0.2) is 22.0 Å². The first-order valence-corrected chi connectivity index (χ1v) is 6.18. The lowest BCUT2D eigenvalue weighted by atomic mass is 10.2. The van der Waals surface area contributed by atoms with Crippen LogP contribution in [0.3, 0.4) is 0 Å². The number of nitrogens with one attached hydrogen (secondary N) is 2. The second-order valence-electron chi connectivity index (χ2n) is 4.12. The average Bonchev–Trinajstić information content (AvgIpc) is 2.54. The molecular formula is C11H12N2O4S. The third-order valence-corrected chi connectivity index (χ3v) is 3.54. The summed E-state index contributed by atoms with van der Waals surface area (Å²) in [6.07, 6.45) is -0.237. The molecule has 0 fully saturated rings. The van der Waals surface area contributed by atoms with Crippen molar-refractivity contribution < 1.29 is 9.53 Å². The van der Waals surface area contributed by atoms with E-state index in [0.717, 1.165) is 11.3 Å². The highest BCUT2D eigenvalue weighted by atomic mass is 32.1. The lowest BCUT2D eigenvalue weighted by molar-refractivity contribution is 0.0383. The van der Waals surface area contributed by atoms with Crippen LogP contribution in [0.15, 0.2) is 9.59 Å². The van der Waals surface area contributed by atoms with Gasteiger partial charge in [-0.3, -0.25) is 14.8 Å². The molecule has 2 aromatic rings. The molecule has 0 spiro atoms. The minimum atomic E-state index is -0.586. The monoisotopic (exact) mass is 268 g/mol. The maximum absolute atomic E-state index is 11.8. The summed E-state index contributed by atoms with van der Waals surface area (Å²) in [5.41, 5.74) is -0.554. The van der Waals surface area contributed by atoms with Crippen molar-refractivity contribution in [1.82, 2.24) is 9.97 Å². The Labute approximate surface area is 106 Å². The zero-order valence-corrected chi connectivity index (χ0v) is 10.9. The maximum Gasteiger partial charge on any atom is 0.348 e. The van der Waals surface area contributed by atoms with Gasteiger partial charge in [-0.05, 0) is 26.3 Å². The van der Waals surface area contributed by atoms with Crippen molar-refractivity contribution in [2.75, 3.05) is 0 Å². The first-order valence-electron chi connectivity index (χ1n) is 5.37. The Morgan fingerprint density at radius 3 is 2.56 bits per heavy atom. The molecule has 0 atom stereocenters. The van der Waals surface area contributed by atoms with E-state index >= 15 is 0 Å². The average molecular weight is 268 g/mol. The Hall–Kier alpha value is -1.89. The van der Waals surface area contributed by atoms with Crippen LogP contribution in [0.25, 0.3) is 10.2 Å². The predicted octanol–water partition coefficient (Wildman–Crippen LogP) is 1.15. The van der Waals surface area contributed by atoms with Crippen LogP contribution >= 0.6 is 11.3 Å². The lowest BCUT2D eigenvalue weighted by Crippen LogP contribution is -2.21. The first kappa shape index (κ1) is 12.6. The fourth-order valence-corrected chi connectivity index (χ4v) is 2.72. The van der Waals surface area contributed by atoms with Gasteiger partial charge in [0.2, 0.25) is 0 Å². The molecule has 6 nitrogen and oxygen atoms in total. The van der Waals surface area contributed by atoms with Gasteiger partial charge in [0.1, 0.15) is 9.71 Å². The molecule has 0 aliphatic carbocycles. The van der Waals surface area contributed by atoms with Crippen LogP contribution in [-0.2, 0) is 4.74 Å². The van der Waals surface area contributed by atoms with Gasteiger partial charge >= 0.3 is 11.7 Å². The molecule has 0 aliphatic heterocycles. The number of esters is 1. The normalized spacial score (nSPS) is 11.1. The van der Waals surface area contributed by atoms with Crippen molar-refractivity contribution in [2.45, 2.75) is 26.9 Å². The summed E-state index contributed by atoms with van der Waals surface area (Å²) in [6.45, 7) is 5.15. The summed E-state index contributed by atoms with van der Waals surface area (Å²) in [5, 5.41) is 0.329. The van der Waals surface area contributed by atoms with Gasteiger partial charge in [-0.15, -0.1) is 11.3 Å². The Morgan fingerprint density at radius 1 is 1.28 bits per heavy atom. The molecule has 0 radical (unpaired) electrons. The number of aryl methyl sites for hydroxylation is 1. The number of hydrogen-bond acceptors (Lipinski definition) is 5. The van der Waals surface area contributed by atoms with Gasteiger partial charge in [0.05, 0.1) is 11.5 Å². The number of H-pyrrole nitrogens is 2. The minimum Gasteiger partial charge on any atom is -0.459 e. The molecule has 2 aromatic heterocycles. The van der Waals surface area contributed by atoms with E-state index in [2.05, 4.69) is 9.97 Å². The van der Waals surface area contributed by atoms with Crippen molar-refractivity contribution in [3.05, 3.63) is 31.3 Å². The Morgan fingerprint density at radius 2 is 1.94 bits per heavy atom. The van der Waals surface area contributed by atoms with E-state index in [1.54, 1.807) is 20.8 Å². The predicted molar refractivity (Wildman–Crippen MR) is 68.4 cm³/mol. The Balaban J connectivity index is 2.65. The number of rotatable bonds is 2. The van der Waals surface area contributed by atoms with Crippen molar-refractivity contribution in [1.29, 1.82) is 0 Å². The molecule has 96 valence electrons. The number of aromatic amines is 2. The summed E-state index contributed by atoms with van der Waals surface area (Å²) in [5.74, 6) is -0.482. The van der Waals surface area contributed by atoms with E-state index in [0.29, 0.717) is 20.7 Å². The number of ether oxygens (including phenoxy) is 1. The molecule has 2 rings (SSSR count). The van der Waals surface area contributed by atoms with Gasteiger partial charge in [0.15, 0.2) is 0 Å². The van der Waals surface area contributed by atoms with Crippen LogP contribution in [0.5, 0.6) is 0 Å². The van der Waals surface area contributed by atoms with Gasteiger partial charge in [-0.2, -0.15) is 0 Å². The van der Waals surface area contributed by atoms with Crippen LogP contribution in [0.2, 0.25) is 0 Å². The van der Waals surface area contributed by atoms with Crippen molar-refractivity contribution >= 4 is 27.5 Å². The number of hydrogen-bond donors (Lipinski definition) is 2. The van der Waals surface area contributed by atoms with Crippen molar-refractivity contribution in [2.24, 2.45) is 0 Å². The van der Waals surface area contributed by atoms with Gasteiger partial charge in [0.25, 0.3) is 5.56 Å². The first-order chi connectivity index (χ1) is 8.40. The lowest BCUT2D eigenvalue weighted by Gasteiger charge is -2.06. The third-order valence-electron chi connectivity index (χ3n) is 2.36. The highest BCUT2D eigenvalue weighted by molar-refractivity contribution is 7.20. The van der Waals surface area contributed by atoms with Crippen LogP contribution in [0, 0.1) is 6.92 Å². The van der Waals surface area contributed by atoms with Crippen LogP contribution in [0.4, 0.5) is 0 Å². The van der Waals surface area contributed by atoms with Crippen LogP contribution in [0.1, 0.15) is 29.1 Å². The summed E-state index contributed by atoms with van der Waals surface area (Å²) < 4.78 is 5.08. The highest BCUT2D eigenvalue weighted by Gasteiger charge is 2.20. The third kappa shape index (κ3) is 2.08. The van der Waals surface area contributed by atoms with Gasteiger partial charge in [-0.25, -0.2) is 9.59 Å². The molecule has 0 aromatic carbocycles. The van der Waals surface area contributed by atoms with E-state index in [1.807, 2.05) is 0 Å². The highest BCUT2D eigenvalue weighted by Crippen LogP contribution is 2.26. The zero-order valence-electron chi connectivity index (χ0n) is 10.1. The molecular weight excluding hydrogens is 256 g/mol. The summed E-state index contributed by atoms with van der Waals surface area (Å²) in [6, 6.07) is 0. The Kier molecular flexibility index (Phi) is 3.08. The molecule has 0 amide bonds. The standard InChI is InChI=1S/C11H12N2O4S/c1-4(2)17-10(15)7-5(3)6-8(14)12-11(16)13-9(6)18-7/h4H,1-3H3,(H2,12,13,14,16). The number of carbonyl (C=O) groups is 1. The van der Waals surface area contributed by atoms with Gasteiger partial charge in [0, 0.05) is 0 Å². The topological polar surface area (TPSA) is 92.0 Å². The molecule has 0 aliphatic rings. The summed E-state index contributed by atoms with van der Waals surface area (Å²) >= 11 is 1.05. The molecule has 7 heteroatoms. The SMILES string of the molecule is Cc1c(C(=O)OC(C)C)sc2[nH]c(=O)[nH]c(=O)c12. The summed E-state index contributed by atoms with van der Waals surface area (Å²) in [7, 11) is 0. The fraction of sp³-hybridized carbons (Fsp3) is 0.364. The van der Waals surface area contributed by atoms with Gasteiger partial charge < -0.3 is 4.74 Å². The number of carbonyl (C=O) groups excluding carboxylic acids is 1. The quantitative estimate of drug-likeness (QED) is 0.799. The Bertz CT molecular complexity index is 723. The zero-order chi connectivity index (χ0) is 13.4. The molecule has 0 saturated heterocycles. The molecule has 18 heavy (non-hydrogen) atoms.